The number of fused-ring (bicyclic) bond motifs is 1. The molecule has 8 nitrogen and oxygen atoms in total. The molecule has 0 atom stereocenters. The zero-order chi connectivity index (χ0) is 26.1. The molecule has 0 aliphatic heterocycles. The topological polar surface area (TPSA) is 101 Å². The summed E-state index contributed by atoms with van der Waals surface area (Å²) in [5.41, 5.74) is 10.9. The number of anilines is 1. The molecule has 6 rings (SSSR count). The van der Waals surface area contributed by atoms with Crippen LogP contribution in [0.2, 0.25) is 0 Å². The molecule has 1 fully saturated rings. The standard InChI is InChI=1S/C29H27FN6O2/c1-18-32-13-19(14-33-18)16-37-24-10-21(30)11-25(12-24)38-23-8-6-22(7-9-23)36-15-26(20-4-2-3-5-20)27-28(36)29(31)35-17-34-27/h6-15,17,20H,2-5,16H2,1H3,(H2,31,34,35). The molecule has 2 aromatic carbocycles. The lowest BCUT2D eigenvalue weighted by molar-refractivity contribution is 0.301. The average Bonchev–Trinajstić information content (AvgIpc) is 3.58. The van der Waals surface area contributed by atoms with Crippen molar-refractivity contribution in [2.24, 2.45) is 0 Å². The number of nitrogen functional groups attached to an aromatic ring is 1. The van der Waals surface area contributed by atoms with Crippen molar-refractivity contribution in [1.29, 1.82) is 0 Å². The van der Waals surface area contributed by atoms with E-state index >= 15 is 0 Å². The molecular formula is C29H27FN6O2. The first-order valence-electron chi connectivity index (χ1n) is 12.6. The Hall–Kier alpha value is -4.53. The van der Waals surface area contributed by atoms with Gasteiger partial charge < -0.3 is 19.8 Å². The summed E-state index contributed by atoms with van der Waals surface area (Å²) in [5, 5.41) is 0. The summed E-state index contributed by atoms with van der Waals surface area (Å²) in [6.45, 7) is 2.03. The van der Waals surface area contributed by atoms with Crippen LogP contribution in [0.1, 0.15) is 48.6 Å². The molecule has 9 heteroatoms. The zero-order valence-electron chi connectivity index (χ0n) is 21.0. The van der Waals surface area contributed by atoms with Gasteiger partial charge in [-0.05, 0) is 55.5 Å². The average molecular weight is 511 g/mol. The molecule has 1 saturated carbocycles. The predicted octanol–water partition coefficient (Wildman–Crippen LogP) is 6.27. The summed E-state index contributed by atoms with van der Waals surface area (Å²) in [6.07, 6.45) is 11.8. The second kappa shape index (κ2) is 10.1. The number of nitrogens with two attached hydrogens (primary N) is 1. The van der Waals surface area contributed by atoms with Gasteiger partial charge in [-0.25, -0.2) is 24.3 Å². The van der Waals surface area contributed by atoms with Gasteiger partial charge >= 0.3 is 0 Å². The van der Waals surface area contributed by atoms with Gasteiger partial charge in [0.05, 0.1) is 5.52 Å². The van der Waals surface area contributed by atoms with Gasteiger partial charge in [-0.1, -0.05) is 12.8 Å². The lowest BCUT2D eigenvalue weighted by atomic mass is 10.00. The van der Waals surface area contributed by atoms with E-state index in [1.54, 1.807) is 18.5 Å². The second-order valence-corrected chi connectivity index (χ2v) is 9.54. The van der Waals surface area contributed by atoms with Crippen LogP contribution in [0.5, 0.6) is 17.2 Å². The van der Waals surface area contributed by atoms with E-state index < -0.39 is 5.82 Å². The number of rotatable bonds is 7. The first-order valence-corrected chi connectivity index (χ1v) is 12.6. The van der Waals surface area contributed by atoms with Gasteiger partial charge in [0.15, 0.2) is 5.82 Å². The Morgan fingerprint density at radius 1 is 0.947 bits per heavy atom. The van der Waals surface area contributed by atoms with Crippen LogP contribution in [0.25, 0.3) is 16.7 Å². The Balaban J connectivity index is 1.22. The largest absolute Gasteiger partial charge is 0.489 e. The molecule has 3 aromatic heterocycles. The quantitative estimate of drug-likeness (QED) is 0.275. The molecule has 192 valence electrons. The van der Waals surface area contributed by atoms with E-state index in [1.165, 1.54) is 36.9 Å². The number of benzene rings is 2. The second-order valence-electron chi connectivity index (χ2n) is 9.54. The maximum absolute atomic E-state index is 14.3. The highest BCUT2D eigenvalue weighted by molar-refractivity contribution is 5.90. The van der Waals surface area contributed by atoms with Crippen molar-refractivity contribution in [2.75, 3.05) is 5.73 Å². The normalized spacial score (nSPS) is 13.7. The van der Waals surface area contributed by atoms with E-state index in [0.29, 0.717) is 34.8 Å². The number of halogens is 1. The number of hydrogen-bond acceptors (Lipinski definition) is 7. The molecule has 2 N–H and O–H groups in total. The van der Waals surface area contributed by atoms with E-state index in [9.17, 15) is 4.39 Å². The maximum Gasteiger partial charge on any atom is 0.151 e. The third-order valence-electron chi connectivity index (χ3n) is 6.86. The Morgan fingerprint density at radius 3 is 2.45 bits per heavy atom. The lowest BCUT2D eigenvalue weighted by Gasteiger charge is -2.11. The van der Waals surface area contributed by atoms with Crippen LogP contribution >= 0.6 is 0 Å². The fraction of sp³-hybridized carbons (Fsp3) is 0.241. The van der Waals surface area contributed by atoms with E-state index in [-0.39, 0.29) is 6.61 Å². The smallest absolute Gasteiger partial charge is 0.151 e. The summed E-state index contributed by atoms with van der Waals surface area (Å²) in [6, 6.07) is 11.8. The minimum atomic E-state index is -0.456. The molecule has 3 heterocycles. The summed E-state index contributed by atoms with van der Waals surface area (Å²) < 4.78 is 28.0. The van der Waals surface area contributed by atoms with Crippen molar-refractivity contribution in [2.45, 2.75) is 45.1 Å². The van der Waals surface area contributed by atoms with E-state index in [2.05, 4.69) is 26.1 Å². The van der Waals surface area contributed by atoms with Crippen LogP contribution in [-0.2, 0) is 6.61 Å². The van der Waals surface area contributed by atoms with Crippen LogP contribution in [-0.4, -0.2) is 24.5 Å². The van der Waals surface area contributed by atoms with Crippen molar-refractivity contribution in [3.05, 3.63) is 90.2 Å². The molecule has 0 radical (unpaired) electrons. The minimum absolute atomic E-state index is 0.221. The third kappa shape index (κ3) is 4.87. The summed E-state index contributed by atoms with van der Waals surface area (Å²) >= 11 is 0. The van der Waals surface area contributed by atoms with Crippen LogP contribution in [0.15, 0.2) is 67.4 Å². The molecule has 0 bridgehead atoms. The molecule has 0 saturated heterocycles. The van der Waals surface area contributed by atoms with Gasteiger partial charge in [0, 0.05) is 48.0 Å². The summed E-state index contributed by atoms with van der Waals surface area (Å²) in [5.74, 6) is 2.41. The van der Waals surface area contributed by atoms with Gasteiger partial charge in [0.25, 0.3) is 0 Å². The Kier molecular flexibility index (Phi) is 6.33. The number of aromatic nitrogens is 5. The fourth-order valence-electron chi connectivity index (χ4n) is 5.00. The van der Waals surface area contributed by atoms with Crippen molar-refractivity contribution in [3.63, 3.8) is 0 Å². The van der Waals surface area contributed by atoms with Crippen molar-refractivity contribution >= 4 is 16.9 Å². The first kappa shape index (κ1) is 23.8. The van der Waals surface area contributed by atoms with E-state index in [0.717, 1.165) is 35.1 Å². The summed E-state index contributed by atoms with van der Waals surface area (Å²) in [7, 11) is 0. The molecule has 0 amide bonds. The fourth-order valence-corrected chi connectivity index (χ4v) is 5.00. The van der Waals surface area contributed by atoms with Crippen LogP contribution in [0.3, 0.4) is 0 Å². The molecule has 1 aliphatic carbocycles. The van der Waals surface area contributed by atoms with Crippen LogP contribution in [0.4, 0.5) is 10.2 Å². The lowest BCUT2D eigenvalue weighted by Crippen LogP contribution is -1.99. The van der Waals surface area contributed by atoms with Crippen molar-refractivity contribution in [3.8, 4) is 22.9 Å². The number of hydrogen-bond donors (Lipinski definition) is 1. The molecule has 0 spiro atoms. The molecule has 38 heavy (non-hydrogen) atoms. The highest BCUT2D eigenvalue weighted by Crippen LogP contribution is 2.39. The Bertz CT molecular complexity index is 1580. The highest BCUT2D eigenvalue weighted by atomic mass is 19.1. The zero-order valence-corrected chi connectivity index (χ0v) is 21.0. The van der Waals surface area contributed by atoms with Crippen molar-refractivity contribution < 1.29 is 13.9 Å². The van der Waals surface area contributed by atoms with Crippen molar-refractivity contribution in [1.82, 2.24) is 24.5 Å². The van der Waals surface area contributed by atoms with E-state index in [1.807, 2.05) is 35.8 Å². The molecule has 0 unspecified atom stereocenters. The van der Waals surface area contributed by atoms with Gasteiger partial charge in [-0.2, -0.15) is 0 Å². The monoisotopic (exact) mass is 510 g/mol. The molecular weight excluding hydrogens is 483 g/mol. The molecule has 5 aromatic rings. The maximum atomic E-state index is 14.3. The summed E-state index contributed by atoms with van der Waals surface area (Å²) in [4.78, 5) is 17.1. The number of ether oxygens (including phenoxy) is 2. The predicted molar refractivity (Wildman–Crippen MR) is 142 cm³/mol. The Labute approximate surface area is 219 Å². The third-order valence-corrected chi connectivity index (χ3v) is 6.86. The van der Waals surface area contributed by atoms with E-state index in [4.69, 9.17) is 15.2 Å². The van der Waals surface area contributed by atoms with Crippen LogP contribution < -0.4 is 15.2 Å². The van der Waals surface area contributed by atoms with Gasteiger partial charge in [0.1, 0.15) is 47.3 Å². The number of nitrogens with zero attached hydrogens (tertiary/aromatic N) is 5. The van der Waals surface area contributed by atoms with Crippen LogP contribution in [0, 0.1) is 12.7 Å². The van der Waals surface area contributed by atoms with Gasteiger partial charge in [-0.15, -0.1) is 0 Å². The van der Waals surface area contributed by atoms with Gasteiger partial charge in [-0.3, -0.25) is 0 Å². The minimum Gasteiger partial charge on any atom is -0.489 e. The Morgan fingerprint density at radius 2 is 1.68 bits per heavy atom. The van der Waals surface area contributed by atoms with Gasteiger partial charge in [0.2, 0.25) is 0 Å². The SMILES string of the molecule is Cc1ncc(COc2cc(F)cc(Oc3ccc(-n4cc(C5CCCC5)c5ncnc(N)c54)cc3)c2)cn1. The molecule has 1 aliphatic rings. The number of aryl methyl sites for hydroxylation is 1. The highest BCUT2D eigenvalue weighted by Gasteiger charge is 2.24. The first-order chi connectivity index (χ1) is 18.5.